The average Bonchev–Trinajstić information content (AvgIpc) is 2.60. The number of rotatable bonds is 5. The van der Waals surface area contributed by atoms with Crippen LogP contribution in [0.1, 0.15) is 33.6 Å². The van der Waals surface area contributed by atoms with Gasteiger partial charge in [0.25, 0.3) is 0 Å². The minimum Gasteiger partial charge on any atom is -0.300 e. The van der Waals surface area contributed by atoms with E-state index in [2.05, 4.69) is 6.07 Å². The van der Waals surface area contributed by atoms with Crippen molar-refractivity contribution in [3.8, 4) is 6.07 Å². The van der Waals surface area contributed by atoms with Crippen LogP contribution in [-0.2, 0) is 13.1 Å². The van der Waals surface area contributed by atoms with Crippen LogP contribution in [0.15, 0.2) is 17.2 Å². The summed E-state index contributed by atoms with van der Waals surface area (Å²) in [6.07, 6.45) is 5.28. The van der Waals surface area contributed by atoms with Crippen LogP contribution in [0.3, 0.4) is 0 Å². The van der Waals surface area contributed by atoms with Crippen molar-refractivity contribution < 1.29 is 0 Å². The van der Waals surface area contributed by atoms with E-state index in [1.165, 1.54) is 0 Å². The molecular formula is C12H19N3O. The Hall–Kier alpha value is -1.50. The lowest BCUT2D eigenvalue weighted by Crippen LogP contribution is -2.24. The molecule has 1 aromatic heterocycles. The molecule has 0 spiro atoms. The van der Waals surface area contributed by atoms with Gasteiger partial charge >= 0.3 is 5.69 Å². The zero-order valence-electron chi connectivity index (χ0n) is 10.2. The first-order chi connectivity index (χ1) is 7.50. The Morgan fingerprint density at radius 3 is 2.50 bits per heavy atom. The Balaban J connectivity index is 2.54. The van der Waals surface area contributed by atoms with Crippen molar-refractivity contribution in [2.75, 3.05) is 0 Å². The second-order valence-corrected chi connectivity index (χ2v) is 4.66. The van der Waals surface area contributed by atoms with E-state index in [-0.39, 0.29) is 11.1 Å². The summed E-state index contributed by atoms with van der Waals surface area (Å²) in [6, 6.07) is 2.27. The van der Waals surface area contributed by atoms with Gasteiger partial charge in [-0.15, -0.1) is 0 Å². The highest BCUT2D eigenvalue weighted by atomic mass is 16.1. The lowest BCUT2D eigenvalue weighted by molar-refractivity contribution is 0.412. The Morgan fingerprint density at radius 1 is 1.38 bits per heavy atom. The summed E-state index contributed by atoms with van der Waals surface area (Å²) in [4.78, 5) is 11.7. The van der Waals surface area contributed by atoms with Crippen LogP contribution in [0.5, 0.6) is 0 Å². The molecule has 0 aliphatic heterocycles. The molecule has 4 nitrogen and oxygen atoms in total. The quantitative estimate of drug-likeness (QED) is 0.763. The third-order valence-corrected chi connectivity index (χ3v) is 2.76. The third-order valence-electron chi connectivity index (χ3n) is 2.76. The topological polar surface area (TPSA) is 50.7 Å². The van der Waals surface area contributed by atoms with E-state index in [0.29, 0.717) is 13.1 Å². The summed E-state index contributed by atoms with van der Waals surface area (Å²) >= 11 is 0. The maximum absolute atomic E-state index is 11.7. The number of imidazole rings is 1. The van der Waals surface area contributed by atoms with Crippen LogP contribution in [-0.4, -0.2) is 9.13 Å². The Morgan fingerprint density at radius 2 is 2.00 bits per heavy atom. The second-order valence-electron chi connectivity index (χ2n) is 4.66. The fourth-order valence-corrected chi connectivity index (χ4v) is 1.61. The number of nitrogens with zero attached hydrogens (tertiary/aromatic N) is 3. The van der Waals surface area contributed by atoms with Gasteiger partial charge < -0.3 is 0 Å². The third kappa shape index (κ3) is 2.99. The van der Waals surface area contributed by atoms with Gasteiger partial charge in [-0.25, -0.2) is 4.79 Å². The van der Waals surface area contributed by atoms with E-state index in [1.807, 2.05) is 27.0 Å². The minimum absolute atomic E-state index is 0.0391. The van der Waals surface area contributed by atoms with Crippen molar-refractivity contribution in [3.63, 3.8) is 0 Å². The molecule has 1 heterocycles. The molecule has 0 saturated carbocycles. The molecule has 1 aromatic rings. The van der Waals surface area contributed by atoms with Crippen molar-refractivity contribution in [1.29, 1.82) is 5.26 Å². The van der Waals surface area contributed by atoms with Gasteiger partial charge in [0.15, 0.2) is 0 Å². The van der Waals surface area contributed by atoms with Crippen LogP contribution in [0, 0.1) is 16.7 Å². The van der Waals surface area contributed by atoms with Crippen molar-refractivity contribution in [3.05, 3.63) is 22.9 Å². The predicted molar refractivity (Wildman–Crippen MR) is 63.0 cm³/mol. The Bertz CT molecular complexity index is 434. The lowest BCUT2D eigenvalue weighted by atomic mass is 9.90. The molecule has 0 bridgehead atoms. The SMILES string of the molecule is CCn1ccn(CCCC(C)(C)C#N)c1=O. The molecule has 0 radical (unpaired) electrons. The van der Waals surface area contributed by atoms with Crippen molar-refractivity contribution in [1.82, 2.24) is 9.13 Å². The number of hydrogen-bond donors (Lipinski definition) is 0. The van der Waals surface area contributed by atoms with Gasteiger partial charge in [0.2, 0.25) is 0 Å². The number of hydrogen-bond acceptors (Lipinski definition) is 2. The lowest BCUT2D eigenvalue weighted by Gasteiger charge is -2.14. The van der Waals surface area contributed by atoms with E-state index >= 15 is 0 Å². The summed E-state index contributed by atoms with van der Waals surface area (Å²) in [6.45, 7) is 7.19. The standard InChI is InChI=1S/C12H19N3O/c1-4-14-8-9-15(11(14)16)7-5-6-12(2,3)10-13/h8-9H,4-7H2,1-3H3. The fourth-order valence-electron chi connectivity index (χ4n) is 1.61. The molecule has 88 valence electrons. The summed E-state index contributed by atoms with van der Waals surface area (Å²) in [5.41, 5.74) is -0.256. The molecule has 0 atom stereocenters. The first-order valence-electron chi connectivity index (χ1n) is 5.67. The summed E-state index contributed by atoms with van der Waals surface area (Å²) in [7, 11) is 0. The van der Waals surface area contributed by atoms with E-state index < -0.39 is 0 Å². The normalized spacial score (nSPS) is 11.4. The zero-order valence-corrected chi connectivity index (χ0v) is 10.2. The van der Waals surface area contributed by atoms with Gasteiger partial charge in [-0.3, -0.25) is 9.13 Å². The predicted octanol–water partition coefficient (Wildman–Crippen LogP) is 2.00. The molecule has 4 heteroatoms. The molecule has 0 aromatic carbocycles. The van der Waals surface area contributed by atoms with E-state index in [9.17, 15) is 4.79 Å². The molecule has 0 fully saturated rings. The smallest absolute Gasteiger partial charge is 0.300 e. The van der Waals surface area contributed by atoms with Gasteiger partial charge in [0.05, 0.1) is 11.5 Å². The van der Waals surface area contributed by atoms with Gasteiger partial charge in [-0.1, -0.05) is 0 Å². The van der Waals surface area contributed by atoms with Gasteiger partial charge in [-0.2, -0.15) is 5.26 Å². The van der Waals surface area contributed by atoms with Crippen LogP contribution in [0.25, 0.3) is 0 Å². The summed E-state index contributed by atoms with van der Waals surface area (Å²) in [5, 5.41) is 8.87. The number of nitriles is 1. The summed E-state index contributed by atoms with van der Waals surface area (Å²) in [5.74, 6) is 0. The first-order valence-corrected chi connectivity index (χ1v) is 5.67. The van der Waals surface area contributed by atoms with Crippen LogP contribution < -0.4 is 5.69 Å². The Labute approximate surface area is 96.1 Å². The molecular weight excluding hydrogens is 202 g/mol. The first kappa shape index (κ1) is 12.6. The summed E-state index contributed by atoms with van der Waals surface area (Å²) < 4.78 is 3.38. The van der Waals surface area contributed by atoms with Gasteiger partial charge in [-0.05, 0) is 33.6 Å². The molecule has 0 amide bonds. The molecule has 0 unspecified atom stereocenters. The molecule has 16 heavy (non-hydrogen) atoms. The van der Waals surface area contributed by atoms with Crippen LogP contribution >= 0.6 is 0 Å². The molecule has 1 rings (SSSR count). The minimum atomic E-state index is -0.295. The van der Waals surface area contributed by atoms with Crippen LogP contribution in [0.2, 0.25) is 0 Å². The maximum Gasteiger partial charge on any atom is 0.328 e. The van der Waals surface area contributed by atoms with Gasteiger partial charge in [0.1, 0.15) is 0 Å². The van der Waals surface area contributed by atoms with Crippen molar-refractivity contribution >= 4 is 0 Å². The molecule has 0 aliphatic rings. The zero-order chi connectivity index (χ0) is 12.2. The van der Waals surface area contributed by atoms with Crippen LogP contribution in [0.4, 0.5) is 0 Å². The average molecular weight is 221 g/mol. The monoisotopic (exact) mass is 221 g/mol. The number of aryl methyl sites for hydroxylation is 2. The van der Waals surface area contributed by atoms with E-state index in [1.54, 1.807) is 15.3 Å². The number of aromatic nitrogens is 2. The molecule has 0 N–H and O–H groups in total. The second kappa shape index (κ2) is 5.02. The van der Waals surface area contributed by atoms with Crippen molar-refractivity contribution in [2.24, 2.45) is 5.41 Å². The maximum atomic E-state index is 11.7. The molecule has 0 saturated heterocycles. The highest BCUT2D eigenvalue weighted by molar-refractivity contribution is 4.91. The molecule has 0 aliphatic carbocycles. The van der Waals surface area contributed by atoms with Gasteiger partial charge in [0, 0.05) is 25.5 Å². The highest BCUT2D eigenvalue weighted by Gasteiger charge is 2.15. The largest absolute Gasteiger partial charge is 0.328 e. The fraction of sp³-hybridized carbons (Fsp3) is 0.667. The highest BCUT2D eigenvalue weighted by Crippen LogP contribution is 2.20. The Kier molecular flexibility index (Phi) is 3.94. The van der Waals surface area contributed by atoms with E-state index in [4.69, 9.17) is 5.26 Å². The van der Waals surface area contributed by atoms with E-state index in [0.717, 1.165) is 12.8 Å². The van der Waals surface area contributed by atoms with Crippen molar-refractivity contribution in [2.45, 2.75) is 46.7 Å².